The van der Waals surface area contributed by atoms with Crippen molar-refractivity contribution in [2.24, 2.45) is 0 Å². The second-order valence-electron chi connectivity index (χ2n) is 4.78. The molecule has 2 aromatic rings. The number of nitrogens with one attached hydrogen (secondary N) is 2. The number of imidazole rings is 1. The molecule has 116 valence electrons. The molecule has 0 radical (unpaired) electrons. The van der Waals surface area contributed by atoms with Gasteiger partial charge in [0, 0.05) is 31.5 Å². The molecule has 0 aliphatic carbocycles. The number of H-pyrrole nitrogens is 1. The second kappa shape index (κ2) is 8.26. The molecule has 6 heteroatoms. The number of hydrogen-bond acceptors (Lipinski definition) is 5. The third-order valence-electron chi connectivity index (χ3n) is 2.97. The van der Waals surface area contributed by atoms with Crippen LogP contribution in [0.2, 0.25) is 0 Å². The van der Waals surface area contributed by atoms with E-state index in [1.165, 1.54) is 0 Å². The lowest BCUT2D eigenvalue weighted by atomic mass is 10.3. The van der Waals surface area contributed by atoms with E-state index >= 15 is 0 Å². The maximum atomic E-state index is 5.50. The predicted octanol–water partition coefficient (Wildman–Crippen LogP) is 2.68. The number of thioether (sulfide) groups is 1. The first-order chi connectivity index (χ1) is 10.2. The standard InChI is InChI=1S/C15H23N3O2S/c1-4-20-12-5-6-13-14(9-12)18-15(17-13)21-11(2)10-16-7-8-19-3/h5-6,9,11,16H,4,7-8,10H2,1-3H3,(H,17,18). The largest absolute Gasteiger partial charge is 0.494 e. The van der Waals surface area contributed by atoms with Crippen molar-refractivity contribution in [3.63, 3.8) is 0 Å². The average molecular weight is 309 g/mol. The van der Waals surface area contributed by atoms with Crippen molar-refractivity contribution < 1.29 is 9.47 Å². The van der Waals surface area contributed by atoms with E-state index in [0.717, 1.165) is 41.6 Å². The van der Waals surface area contributed by atoms with Gasteiger partial charge in [-0.15, -0.1) is 0 Å². The molecule has 1 heterocycles. The molecule has 1 atom stereocenters. The SMILES string of the molecule is CCOc1ccc2nc(SC(C)CNCCOC)[nH]c2c1. The molecule has 0 saturated carbocycles. The maximum absolute atomic E-state index is 5.50. The fourth-order valence-corrected chi connectivity index (χ4v) is 2.89. The van der Waals surface area contributed by atoms with Gasteiger partial charge in [0.05, 0.1) is 24.2 Å². The Morgan fingerprint density at radius 2 is 2.29 bits per heavy atom. The van der Waals surface area contributed by atoms with Gasteiger partial charge < -0.3 is 19.8 Å². The van der Waals surface area contributed by atoms with E-state index in [-0.39, 0.29) is 0 Å². The first-order valence-electron chi connectivity index (χ1n) is 7.21. The fourth-order valence-electron chi connectivity index (χ4n) is 1.99. The highest BCUT2D eigenvalue weighted by atomic mass is 32.2. The van der Waals surface area contributed by atoms with Gasteiger partial charge in [-0.2, -0.15) is 0 Å². The lowest BCUT2D eigenvalue weighted by Crippen LogP contribution is -2.26. The zero-order valence-electron chi connectivity index (χ0n) is 12.8. The first kappa shape index (κ1) is 16.1. The Morgan fingerprint density at radius 3 is 3.05 bits per heavy atom. The number of nitrogens with zero attached hydrogens (tertiary/aromatic N) is 1. The van der Waals surface area contributed by atoms with Crippen molar-refractivity contribution in [2.75, 3.05) is 33.4 Å². The minimum absolute atomic E-state index is 0.439. The van der Waals surface area contributed by atoms with Crippen molar-refractivity contribution in [3.05, 3.63) is 18.2 Å². The summed E-state index contributed by atoms with van der Waals surface area (Å²) in [6.07, 6.45) is 0. The van der Waals surface area contributed by atoms with Crippen LogP contribution in [-0.4, -0.2) is 48.6 Å². The van der Waals surface area contributed by atoms with Crippen LogP contribution in [0, 0.1) is 0 Å². The summed E-state index contributed by atoms with van der Waals surface area (Å²) in [4.78, 5) is 7.94. The van der Waals surface area contributed by atoms with Crippen molar-refractivity contribution in [3.8, 4) is 5.75 Å². The zero-order chi connectivity index (χ0) is 15.1. The Hall–Kier alpha value is -1.24. The average Bonchev–Trinajstić information content (AvgIpc) is 2.85. The second-order valence-corrected chi connectivity index (χ2v) is 6.21. The summed E-state index contributed by atoms with van der Waals surface area (Å²) in [5.74, 6) is 0.875. The minimum atomic E-state index is 0.439. The van der Waals surface area contributed by atoms with Crippen LogP contribution in [0.5, 0.6) is 5.75 Å². The van der Waals surface area contributed by atoms with Gasteiger partial charge in [0.25, 0.3) is 0 Å². The van der Waals surface area contributed by atoms with Gasteiger partial charge in [-0.1, -0.05) is 18.7 Å². The van der Waals surface area contributed by atoms with Gasteiger partial charge in [-0.05, 0) is 19.1 Å². The van der Waals surface area contributed by atoms with E-state index in [1.807, 2.05) is 25.1 Å². The van der Waals surface area contributed by atoms with E-state index in [0.29, 0.717) is 11.9 Å². The highest BCUT2D eigenvalue weighted by Gasteiger charge is 2.09. The van der Waals surface area contributed by atoms with Crippen molar-refractivity contribution >= 4 is 22.8 Å². The summed E-state index contributed by atoms with van der Waals surface area (Å²) in [6.45, 7) is 7.38. The van der Waals surface area contributed by atoms with E-state index in [9.17, 15) is 0 Å². The van der Waals surface area contributed by atoms with Gasteiger partial charge in [0.2, 0.25) is 0 Å². The fraction of sp³-hybridized carbons (Fsp3) is 0.533. The van der Waals surface area contributed by atoms with Crippen LogP contribution in [-0.2, 0) is 4.74 Å². The smallest absolute Gasteiger partial charge is 0.166 e. The van der Waals surface area contributed by atoms with Gasteiger partial charge in [0.1, 0.15) is 5.75 Å². The third-order valence-corrected chi connectivity index (χ3v) is 3.96. The molecule has 21 heavy (non-hydrogen) atoms. The molecule has 1 aromatic carbocycles. The van der Waals surface area contributed by atoms with Crippen molar-refractivity contribution in [1.29, 1.82) is 0 Å². The minimum Gasteiger partial charge on any atom is -0.494 e. The highest BCUT2D eigenvalue weighted by Crippen LogP contribution is 2.25. The lowest BCUT2D eigenvalue weighted by molar-refractivity contribution is 0.199. The molecule has 0 saturated heterocycles. The molecular formula is C15H23N3O2S. The number of benzene rings is 1. The van der Waals surface area contributed by atoms with Gasteiger partial charge in [-0.25, -0.2) is 4.98 Å². The maximum Gasteiger partial charge on any atom is 0.166 e. The Labute approximate surface area is 129 Å². The normalized spacial score (nSPS) is 12.7. The van der Waals surface area contributed by atoms with Crippen molar-refractivity contribution in [1.82, 2.24) is 15.3 Å². The van der Waals surface area contributed by atoms with Crippen LogP contribution in [0.1, 0.15) is 13.8 Å². The van der Waals surface area contributed by atoms with Crippen molar-refractivity contribution in [2.45, 2.75) is 24.3 Å². The molecule has 5 nitrogen and oxygen atoms in total. The first-order valence-corrected chi connectivity index (χ1v) is 8.09. The summed E-state index contributed by atoms with van der Waals surface area (Å²) < 4.78 is 10.5. The van der Waals surface area contributed by atoms with Crippen LogP contribution in [0.3, 0.4) is 0 Å². The topological polar surface area (TPSA) is 59.2 Å². The van der Waals surface area contributed by atoms with Gasteiger partial charge in [0.15, 0.2) is 5.16 Å². The molecule has 2 N–H and O–H groups in total. The Balaban J connectivity index is 1.92. The highest BCUT2D eigenvalue weighted by molar-refractivity contribution is 7.99. The van der Waals surface area contributed by atoms with E-state index in [2.05, 4.69) is 22.2 Å². The molecule has 0 aliphatic rings. The summed E-state index contributed by atoms with van der Waals surface area (Å²) in [6, 6.07) is 5.94. The number of rotatable bonds is 9. The van der Waals surface area contributed by atoms with Crippen LogP contribution in [0.25, 0.3) is 11.0 Å². The number of methoxy groups -OCH3 is 1. The predicted molar refractivity (Wildman–Crippen MR) is 87.3 cm³/mol. The summed E-state index contributed by atoms with van der Waals surface area (Å²) >= 11 is 1.74. The number of aromatic nitrogens is 2. The number of ether oxygens (including phenoxy) is 2. The summed E-state index contributed by atoms with van der Waals surface area (Å²) in [5.41, 5.74) is 1.99. The Bertz CT molecular complexity index is 559. The van der Waals surface area contributed by atoms with Gasteiger partial charge >= 0.3 is 0 Å². The Morgan fingerprint density at radius 1 is 1.43 bits per heavy atom. The monoisotopic (exact) mass is 309 g/mol. The van der Waals surface area contributed by atoms with E-state index in [4.69, 9.17) is 9.47 Å². The van der Waals surface area contributed by atoms with Crippen LogP contribution in [0.4, 0.5) is 0 Å². The number of aromatic amines is 1. The quantitative estimate of drug-likeness (QED) is 0.551. The molecule has 0 aliphatic heterocycles. The van der Waals surface area contributed by atoms with Crippen LogP contribution in [0.15, 0.2) is 23.4 Å². The number of fused-ring (bicyclic) bond motifs is 1. The summed E-state index contributed by atoms with van der Waals surface area (Å²) in [5, 5.41) is 4.74. The van der Waals surface area contributed by atoms with Gasteiger partial charge in [-0.3, -0.25) is 0 Å². The van der Waals surface area contributed by atoms with Crippen LogP contribution < -0.4 is 10.1 Å². The molecule has 0 amide bonds. The number of hydrogen-bond donors (Lipinski definition) is 2. The van der Waals surface area contributed by atoms with E-state index < -0.39 is 0 Å². The molecule has 0 spiro atoms. The molecule has 0 fully saturated rings. The lowest BCUT2D eigenvalue weighted by Gasteiger charge is -2.10. The summed E-state index contributed by atoms with van der Waals surface area (Å²) in [7, 11) is 1.71. The third kappa shape index (κ3) is 4.91. The van der Waals surface area contributed by atoms with Crippen LogP contribution >= 0.6 is 11.8 Å². The van der Waals surface area contributed by atoms with E-state index in [1.54, 1.807) is 18.9 Å². The molecule has 1 aromatic heterocycles. The zero-order valence-corrected chi connectivity index (χ0v) is 13.6. The molecule has 1 unspecified atom stereocenters. The molecule has 0 bridgehead atoms. The Kier molecular flexibility index (Phi) is 6.35. The molecule has 2 rings (SSSR count). The molecular weight excluding hydrogens is 286 g/mol.